The standard InChI is InChI=1S/C14H20ClN3/c1-11-9-12(5-6-13(11)15)10-17-14(16)18-7-3-2-4-8-18/h5-6,9H,2-4,7-8,10H2,1H3,(H2,16,17). The van der Waals surface area contributed by atoms with E-state index >= 15 is 0 Å². The average Bonchev–Trinajstić information content (AvgIpc) is 2.41. The van der Waals surface area contributed by atoms with Gasteiger partial charge in [-0.15, -0.1) is 0 Å². The van der Waals surface area contributed by atoms with Gasteiger partial charge in [0.15, 0.2) is 5.96 Å². The van der Waals surface area contributed by atoms with Crippen LogP contribution in [0.2, 0.25) is 5.02 Å². The smallest absolute Gasteiger partial charge is 0.191 e. The summed E-state index contributed by atoms with van der Waals surface area (Å²) < 4.78 is 0. The van der Waals surface area contributed by atoms with Crippen LogP contribution in [0.4, 0.5) is 0 Å². The van der Waals surface area contributed by atoms with E-state index in [1.54, 1.807) is 0 Å². The van der Waals surface area contributed by atoms with Gasteiger partial charge in [-0.1, -0.05) is 23.7 Å². The van der Waals surface area contributed by atoms with Crippen molar-refractivity contribution in [1.29, 1.82) is 0 Å². The monoisotopic (exact) mass is 265 g/mol. The van der Waals surface area contributed by atoms with E-state index in [0.717, 1.165) is 29.2 Å². The molecule has 1 aromatic carbocycles. The van der Waals surface area contributed by atoms with Gasteiger partial charge < -0.3 is 10.6 Å². The molecule has 0 bridgehead atoms. The average molecular weight is 266 g/mol. The largest absolute Gasteiger partial charge is 0.370 e. The van der Waals surface area contributed by atoms with Crippen molar-refractivity contribution in [3.05, 3.63) is 34.3 Å². The van der Waals surface area contributed by atoms with Crippen molar-refractivity contribution in [1.82, 2.24) is 4.90 Å². The van der Waals surface area contributed by atoms with Gasteiger partial charge in [-0.3, -0.25) is 0 Å². The molecule has 1 fully saturated rings. The van der Waals surface area contributed by atoms with E-state index in [1.807, 2.05) is 19.1 Å². The van der Waals surface area contributed by atoms with Crippen LogP contribution in [-0.2, 0) is 6.54 Å². The lowest BCUT2D eigenvalue weighted by Gasteiger charge is -2.27. The molecule has 2 N–H and O–H groups in total. The number of rotatable bonds is 2. The quantitative estimate of drug-likeness (QED) is 0.660. The number of aryl methyl sites for hydroxylation is 1. The number of likely N-dealkylation sites (tertiary alicyclic amines) is 1. The molecule has 4 heteroatoms. The molecular formula is C14H20ClN3. The van der Waals surface area contributed by atoms with E-state index in [1.165, 1.54) is 19.3 Å². The number of benzene rings is 1. The Hall–Kier alpha value is -1.22. The predicted octanol–water partition coefficient (Wildman–Crippen LogP) is 2.95. The summed E-state index contributed by atoms with van der Waals surface area (Å²) in [6, 6.07) is 5.98. The summed E-state index contributed by atoms with van der Waals surface area (Å²) in [6.07, 6.45) is 3.74. The molecule has 0 radical (unpaired) electrons. The minimum absolute atomic E-state index is 0.625. The number of piperidine rings is 1. The van der Waals surface area contributed by atoms with E-state index < -0.39 is 0 Å². The second kappa shape index (κ2) is 6.10. The van der Waals surface area contributed by atoms with Crippen LogP contribution in [0.3, 0.4) is 0 Å². The molecule has 1 heterocycles. The number of aliphatic imine (C=N–C) groups is 1. The Labute approximate surface area is 114 Å². The fourth-order valence-electron chi connectivity index (χ4n) is 2.20. The predicted molar refractivity (Wildman–Crippen MR) is 76.9 cm³/mol. The normalized spacial score (nSPS) is 17.0. The fourth-order valence-corrected chi connectivity index (χ4v) is 2.32. The number of halogens is 1. The van der Waals surface area contributed by atoms with Gasteiger partial charge in [0.25, 0.3) is 0 Å². The zero-order chi connectivity index (χ0) is 13.0. The van der Waals surface area contributed by atoms with Gasteiger partial charge in [-0.25, -0.2) is 4.99 Å². The molecule has 0 saturated carbocycles. The van der Waals surface area contributed by atoms with Gasteiger partial charge in [0.05, 0.1) is 6.54 Å². The number of hydrogen-bond donors (Lipinski definition) is 1. The summed E-state index contributed by atoms with van der Waals surface area (Å²) in [7, 11) is 0. The van der Waals surface area contributed by atoms with Crippen molar-refractivity contribution in [3.8, 4) is 0 Å². The van der Waals surface area contributed by atoms with Crippen LogP contribution in [0.1, 0.15) is 30.4 Å². The molecule has 1 aromatic rings. The Morgan fingerprint density at radius 3 is 2.72 bits per heavy atom. The lowest BCUT2D eigenvalue weighted by molar-refractivity contribution is 0.338. The highest BCUT2D eigenvalue weighted by Gasteiger charge is 2.11. The third-order valence-electron chi connectivity index (χ3n) is 3.33. The van der Waals surface area contributed by atoms with E-state index in [-0.39, 0.29) is 0 Å². The molecule has 0 aliphatic carbocycles. The molecule has 18 heavy (non-hydrogen) atoms. The van der Waals surface area contributed by atoms with Gasteiger partial charge in [-0.2, -0.15) is 0 Å². The third kappa shape index (κ3) is 3.39. The molecule has 0 aromatic heterocycles. The Morgan fingerprint density at radius 2 is 2.06 bits per heavy atom. The third-order valence-corrected chi connectivity index (χ3v) is 3.75. The molecule has 0 amide bonds. The molecule has 1 aliphatic rings. The first-order valence-electron chi connectivity index (χ1n) is 6.47. The molecule has 3 nitrogen and oxygen atoms in total. The Bertz CT molecular complexity index is 437. The van der Waals surface area contributed by atoms with Gasteiger partial charge in [-0.05, 0) is 43.4 Å². The summed E-state index contributed by atoms with van der Waals surface area (Å²) in [5.41, 5.74) is 8.25. The lowest BCUT2D eigenvalue weighted by Crippen LogP contribution is -2.40. The highest BCUT2D eigenvalue weighted by Crippen LogP contribution is 2.17. The van der Waals surface area contributed by atoms with E-state index in [0.29, 0.717) is 12.5 Å². The topological polar surface area (TPSA) is 41.6 Å². The van der Waals surface area contributed by atoms with Crippen LogP contribution in [0.5, 0.6) is 0 Å². The van der Waals surface area contributed by atoms with Gasteiger partial charge in [0, 0.05) is 18.1 Å². The Morgan fingerprint density at radius 1 is 1.33 bits per heavy atom. The first kappa shape index (κ1) is 13.2. The van der Waals surface area contributed by atoms with Crippen molar-refractivity contribution in [2.75, 3.05) is 13.1 Å². The molecule has 0 spiro atoms. The number of guanidine groups is 1. The summed E-state index contributed by atoms with van der Waals surface area (Å²) in [6.45, 7) is 4.70. The molecule has 98 valence electrons. The van der Waals surface area contributed by atoms with Gasteiger partial charge in [0.1, 0.15) is 0 Å². The minimum Gasteiger partial charge on any atom is -0.370 e. The van der Waals surface area contributed by atoms with Crippen LogP contribution >= 0.6 is 11.6 Å². The molecular weight excluding hydrogens is 246 g/mol. The minimum atomic E-state index is 0.625. The molecule has 0 unspecified atom stereocenters. The lowest BCUT2D eigenvalue weighted by atomic mass is 10.1. The zero-order valence-corrected chi connectivity index (χ0v) is 11.6. The maximum Gasteiger partial charge on any atom is 0.191 e. The summed E-state index contributed by atoms with van der Waals surface area (Å²) in [5, 5.41) is 0.798. The van der Waals surface area contributed by atoms with Gasteiger partial charge >= 0.3 is 0 Å². The first-order valence-corrected chi connectivity index (χ1v) is 6.84. The van der Waals surface area contributed by atoms with E-state index in [2.05, 4.69) is 16.0 Å². The number of hydrogen-bond acceptors (Lipinski definition) is 1. The van der Waals surface area contributed by atoms with Crippen molar-refractivity contribution >= 4 is 17.6 Å². The molecule has 1 saturated heterocycles. The summed E-state index contributed by atoms with van der Waals surface area (Å²) in [4.78, 5) is 6.64. The van der Waals surface area contributed by atoms with Crippen LogP contribution in [0.15, 0.2) is 23.2 Å². The Balaban J connectivity index is 1.98. The van der Waals surface area contributed by atoms with E-state index in [9.17, 15) is 0 Å². The van der Waals surface area contributed by atoms with E-state index in [4.69, 9.17) is 17.3 Å². The maximum absolute atomic E-state index is 6.01. The first-order chi connectivity index (χ1) is 8.66. The van der Waals surface area contributed by atoms with Crippen LogP contribution < -0.4 is 5.73 Å². The number of nitrogens with two attached hydrogens (primary N) is 1. The van der Waals surface area contributed by atoms with Crippen molar-refractivity contribution in [3.63, 3.8) is 0 Å². The van der Waals surface area contributed by atoms with Crippen molar-refractivity contribution in [2.24, 2.45) is 10.7 Å². The highest BCUT2D eigenvalue weighted by molar-refractivity contribution is 6.31. The van der Waals surface area contributed by atoms with Gasteiger partial charge in [0.2, 0.25) is 0 Å². The highest BCUT2D eigenvalue weighted by atomic mass is 35.5. The van der Waals surface area contributed by atoms with Crippen LogP contribution in [0, 0.1) is 6.92 Å². The van der Waals surface area contributed by atoms with Crippen molar-refractivity contribution in [2.45, 2.75) is 32.7 Å². The maximum atomic E-state index is 6.01. The molecule has 1 aliphatic heterocycles. The van der Waals surface area contributed by atoms with Crippen molar-refractivity contribution < 1.29 is 0 Å². The molecule has 2 rings (SSSR count). The fraction of sp³-hybridized carbons (Fsp3) is 0.500. The van der Waals surface area contributed by atoms with Crippen LogP contribution in [-0.4, -0.2) is 23.9 Å². The second-order valence-electron chi connectivity index (χ2n) is 4.81. The summed E-state index contributed by atoms with van der Waals surface area (Å²) in [5.74, 6) is 0.669. The number of nitrogens with zero attached hydrogens (tertiary/aromatic N) is 2. The second-order valence-corrected chi connectivity index (χ2v) is 5.21. The van der Waals surface area contributed by atoms with Crippen LogP contribution in [0.25, 0.3) is 0 Å². The zero-order valence-electron chi connectivity index (χ0n) is 10.8. The Kier molecular flexibility index (Phi) is 4.48. The SMILES string of the molecule is Cc1cc(CN=C(N)N2CCCCC2)ccc1Cl. The molecule has 0 atom stereocenters. The summed E-state index contributed by atoms with van der Waals surface area (Å²) >= 11 is 6.00.